The smallest absolute Gasteiger partial charge is 0.224 e. The van der Waals surface area contributed by atoms with Gasteiger partial charge in [0.2, 0.25) is 5.91 Å². The van der Waals surface area contributed by atoms with Crippen LogP contribution in [0.1, 0.15) is 38.1 Å². The van der Waals surface area contributed by atoms with Crippen molar-refractivity contribution in [1.29, 1.82) is 0 Å². The van der Waals surface area contributed by atoms with Gasteiger partial charge in [-0.2, -0.15) is 5.10 Å². The van der Waals surface area contributed by atoms with E-state index in [1.54, 1.807) is 0 Å². The minimum atomic E-state index is 0.257. The SMILES string of the molecule is Cc1nn(CCC(=O)N2CC(C)CC(C)C2)c(C)c1Br. The predicted molar refractivity (Wildman–Crippen MR) is 83.5 cm³/mol. The largest absolute Gasteiger partial charge is 0.342 e. The van der Waals surface area contributed by atoms with Gasteiger partial charge < -0.3 is 4.90 Å². The lowest BCUT2D eigenvalue weighted by Gasteiger charge is -2.35. The first-order chi connectivity index (χ1) is 9.38. The topological polar surface area (TPSA) is 38.1 Å². The highest BCUT2D eigenvalue weighted by Gasteiger charge is 2.25. The summed E-state index contributed by atoms with van der Waals surface area (Å²) in [5, 5.41) is 4.46. The summed E-state index contributed by atoms with van der Waals surface area (Å²) in [6.07, 6.45) is 1.77. The van der Waals surface area contributed by atoms with Crippen LogP contribution in [0.5, 0.6) is 0 Å². The number of rotatable bonds is 3. The second-order valence-corrected chi connectivity index (χ2v) is 7.00. The molecule has 1 saturated heterocycles. The number of carbonyl (C=O) groups excluding carboxylic acids is 1. The lowest BCUT2D eigenvalue weighted by molar-refractivity contribution is -0.134. The molecule has 0 N–H and O–H groups in total. The molecule has 0 spiro atoms. The summed E-state index contributed by atoms with van der Waals surface area (Å²) in [4.78, 5) is 14.4. The van der Waals surface area contributed by atoms with Crippen molar-refractivity contribution >= 4 is 21.8 Å². The Kier molecular flexibility index (Phi) is 4.89. The van der Waals surface area contributed by atoms with Gasteiger partial charge in [0.25, 0.3) is 0 Å². The summed E-state index contributed by atoms with van der Waals surface area (Å²) >= 11 is 3.52. The molecule has 0 aromatic carbocycles. The first-order valence-electron chi connectivity index (χ1n) is 7.35. The molecule has 0 radical (unpaired) electrons. The van der Waals surface area contributed by atoms with Crippen molar-refractivity contribution in [3.63, 3.8) is 0 Å². The fraction of sp³-hybridized carbons (Fsp3) is 0.733. The van der Waals surface area contributed by atoms with Crippen LogP contribution in [0.15, 0.2) is 4.47 Å². The van der Waals surface area contributed by atoms with Crippen molar-refractivity contribution in [3.8, 4) is 0 Å². The summed E-state index contributed by atoms with van der Waals surface area (Å²) in [6.45, 7) is 10.9. The number of hydrogen-bond acceptors (Lipinski definition) is 2. The molecule has 1 aromatic heterocycles. The van der Waals surface area contributed by atoms with Crippen molar-refractivity contribution in [2.75, 3.05) is 13.1 Å². The fourth-order valence-electron chi connectivity index (χ4n) is 3.12. The van der Waals surface area contributed by atoms with Crippen LogP contribution < -0.4 is 0 Å². The number of piperidine rings is 1. The molecular weight excluding hydrogens is 318 g/mol. The Hall–Kier alpha value is -0.840. The molecule has 20 heavy (non-hydrogen) atoms. The molecule has 0 bridgehead atoms. The molecule has 2 unspecified atom stereocenters. The average molecular weight is 342 g/mol. The van der Waals surface area contributed by atoms with Crippen LogP contribution in [0.4, 0.5) is 0 Å². The second-order valence-electron chi connectivity index (χ2n) is 6.20. The number of carbonyl (C=O) groups is 1. The highest BCUT2D eigenvalue weighted by molar-refractivity contribution is 9.10. The molecule has 0 aliphatic carbocycles. The van der Waals surface area contributed by atoms with Gasteiger partial charge >= 0.3 is 0 Å². The molecular formula is C15H24BrN3O. The van der Waals surface area contributed by atoms with Crippen molar-refractivity contribution in [3.05, 3.63) is 15.9 Å². The lowest BCUT2D eigenvalue weighted by Crippen LogP contribution is -2.42. The number of halogens is 1. The van der Waals surface area contributed by atoms with Crippen LogP contribution in [0.2, 0.25) is 0 Å². The maximum atomic E-state index is 12.3. The molecule has 5 heteroatoms. The zero-order valence-corrected chi connectivity index (χ0v) is 14.4. The number of amides is 1. The molecule has 2 atom stereocenters. The Balaban J connectivity index is 1.93. The third-order valence-electron chi connectivity index (χ3n) is 4.05. The van der Waals surface area contributed by atoms with Crippen LogP contribution in [0.3, 0.4) is 0 Å². The molecule has 2 heterocycles. The van der Waals surface area contributed by atoms with Crippen molar-refractivity contribution in [2.24, 2.45) is 11.8 Å². The highest BCUT2D eigenvalue weighted by atomic mass is 79.9. The predicted octanol–water partition coefficient (Wildman–Crippen LogP) is 3.16. The molecule has 1 amide bonds. The van der Waals surface area contributed by atoms with Gasteiger partial charge in [0.05, 0.1) is 16.7 Å². The fourth-order valence-corrected chi connectivity index (χ4v) is 3.40. The Morgan fingerprint density at radius 3 is 2.40 bits per heavy atom. The van der Waals surface area contributed by atoms with E-state index in [2.05, 4.69) is 34.9 Å². The second kappa shape index (κ2) is 6.29. The van der Waals surface area contributed by atoms with E-state index in [9.17, 15) is 4.79 Å². The van der Waals surface area contributed by atoms with Crippen LogP contribution in [0, 0.1) is 25.7 Å². The molecule has 1 aliphatic rings. The number of hydrogen-bond donors (Lipinski definition) is 0. The number of nitrogens with zero attached hydrogens (tertiary/aromatic N) is 3. The maximum Gasteiger partial charge on any atom is 0.224 e. The van der Waals surface area contributed by atoms with Gasteiger partial charge in [0.1, 0.15) is 0 Å². The van der Waals surface area contributed by atoms with Crippen molar-refractivity contribution in [1.82, 2.24) is 14.7 Å². The summed E-state index contributed by atoms with van der Waals surface area (Å²) in [5.41, 5.74) is 2.07. The van der Waals surface area contributed by atoms with Gasteiger partial charge in [-0.15, -0.1) is 0 Å². The van der Waals surface area contributed by atoms with E-state index in [0.717, 1.165) is 29.0 Å². The number of aryl methyl sites for hydroxylation is 2. The molecule has 1 aromatic rings. The minimum Gasteiger partial charge on any atom is -0.342 e. The van der Waals surface area contributed by atoms with E-state index in [-0.39, 0.29) is 5.91 Å². The van der Waals surface area contributed by atoms with Gasteiger partial charge in [0, 0.05) is 25.2 Å². The van der Waals surface area contributed by atoms with E-state index in [4.69, 9.17) is 0 Å². The first-order valence-corrected chi connectivity index (χ1v) is 8.15. The Morgan fingerprint density at radius 2 is 1.90 bits per heavy atom. The Labute approximate surface area is 129 Å². The maximum absolute atomic E-state index is 12.3. The zero-order valence-electron chi connectivity index (χ0n) is 12.8. The van der Waals surface area contributed by atoms with Gasteiger partial charge in [-0.25, -0.2) is 0 Å². The quantitative estimate of drug-likeness (QED) is 0.846. The molecule has 2 rings (SSSR count). The molecule has 1 aliphatic heterocycles. The van der Waals surface area contributed by atoms with Crippen LogP contribution in [-0.4, -0.2) is 33.7 Å². The molecule has 4 nitrogen and oxygen atoms in total. The normalized spacial score (nSPS) is 23.1. The van der Waals surface area contributed by atoms with E-state index in [1.807, 2.05) is 23.4 Å². The summed E-state index contributed by atoms with van der Waals surface area (Å²) in [6, 6.07) is 0. The van der Waals surface area contributed by atoms with Crippen molar-refractivity contribution in [2.45, 2.75) is 47.1 Å². The number of aromatic nitrogens is 2. The summed E-state index contributed by atoms with van der Waals surface area (Å²) < 4.78 is 2.97. The minimum absolute atomic E-state index is 0.257. The molecule has 0 saturated carbocycles. The van der Waals surface area contributed by atoms with E-state index in [1.165, 1.54) is 6.42 Å². The van der Waals surface area contributed by atoms with E-state index >= 15 is 0 Å². The Bertz CT molecular complexity index is 488. The molecule has 112 valence electrons. The lowest BCUT2D eigenvalue weighted by atomic mass is 9.92. The summed E-state index contributed by atoms with van der Waals surface area (Å²) in [7, 11) is 0. The zero-order chi connectivity index (χ0) is 14.9. The van der Waals surface area contributed by atoms with Gasteiger partial charge in [-0.3, -0.25) is 9.48 Å². The van der Waals surface area contributed by atoms with Crippen LogP contribution in [0.25, 0.3) is 0 Å². The van der Waals surface area contributed by atoms with E-state index < -0.39 is 0 Å². The van der Waals surface area contributed by atoms with E-state index in [0.29, 0.717) is 24.8 Å². The average Bonchev–Trinajstić information content (AvgIpc) is 2.62. The summed E-state index contributed by atoms with van der Waals surface area (Å²) in [5.74, 6) is 1.49. The van der Waals surface area contributed by atoms with Crippen LogP contribution >= 0.6 is 15.9 Å². The van der Waals surface area contributed by atoms with Gasteiger partial charge in [-0.05, 0) is 48.0 Å². The Morgan fingerprint density at radius 1 is 1.30 bits per heavy atom. The van der Waals surface area contributed by atoms with Gasteiger partial charge in [0.15, 0.2) is 0 Å². The third-order valence-corrected chi connectivity index (χ3v) is 5.20. The third kappa shape index (κ3) is 3.43. The first kappa shape index (κ1) is 15.5. The van der Waals surface area contributed by atoms with Crippen LogP contribution in [-0.2, 0) is 11.3 Å². The highest BCUT2D eigenvalue weighted by Crippen LogP contribution is 2.22. The van der Waals surface area contributed by atoms with Gasteiger partial charge in [-0.1, -0.05) is 13.8 Å². The monoisotopic (exact) mass is 341 g/mol. The molecule has 1 fully saturated rings. The van der Waals surface area contributed by atoms with Crippen molar-refractivity contribution < 1.29 is 4.79 Å². The number of likely N-dealkylation sites (tertiary alicyclic amines) is 1. The standard InChI is InChI=1S/C15H24BrN3O/c1-10-7-11(2)9-18(8-10)14(20)5-6-19-13(4)15(16)12(3)17-19/h10-11H,5-9H2,1-4H3.